The van der Waals surface area contributed by atoms with Crippen LogP contribution in [0.3, 0.4) is 0 Å². The Labute approximate surface area is 201 Å². The molecule has 2 aromatic rings. The van der Waals surface area contributed by atoms with Gasteiger partial charge in [-0.1, -0.05) is 55.8 Å². The van der Waals surface area contributed by atoms with Crippen LogP contribution in [0.4, 0.5) is 0 Å². The van der Waals surface area contributed by atoms with Crippen molar-refractivity contribution in [1.29, 1.82) is 0 Å². The van der Waals surface area contributed by atoms with Crippen molar-refractivity contribution >= 4 is 18.1 Å². The third-order valence-corrected chi connectivity index (χ3v) is 5.46. The summed E-state index contributed by atoms with van der Waals surface area (Å²) in [5.41, 5.74) is 10.0. The fourth-order valence-corrected chi connectivity index (χ4v) is 3.54. The lowest BCUT2D eigenvalue weighted by molar-refractivity contribution is -0.132. The van der Waals surface area contributed by atoms with Gasteiger partial charge in [0.05, 0.1) is 13.4 Å². The number of benzene rings is 2. The number of carbonyl (C=O) groups is 1. The number of hydrogen-bond acceptors (Lipinski definition) is 4. The number of aliphatic carboxylic acids is 1. The monoisotopic (exact) mass is 457 g/mol. The number of carboxylic acids is 1. The Bertz CT molecular complexity index is 1120. The molecule has 1 unspecified atom stereocenters. The van der Waals surface area contributed by atoms with E-state index in [0.29, 0.717) is 17.7 Å². The Kier molecular flexibility index (Phi) is 8.92. The lowest BCUT2D eigenvalue weighted by Gasteiger charge is -2.17. The summed E-state index contributed by atoms with van der Waals surface area (Å²) in [5, 5.41) is 9.58. The summed E-state index contributed by atoms with van der Waals surface area (Å²) in [6, 6.07) is 15.4. The summed E-state index contributed by atoms with van der Waals surface area (Å²) in [4.78, 5) is 11.7. The lowest BCUT2D eigenvalue weighted by atomic mass is 9.89. The average Bonchev–Trinajstić information content (AvgIpc) is 2.84. The van der Waals surface area contributed by atoms with Gasteiger partial charge < -0.3 is 20.3 Å². The second kappa shape index (κ2) is 12.3. The zero-order chi connectivity index (χ0) is 24.3. The molecule has 0 aromatic heterocycles. The average molecular weight is 458 g/mol. The van der Waals surface area contributed by atoms with E-state index in [0.717, 1.165) is 41.0 Å². The van der Waals surface area contributed by atoms with E-state index in [9.17, 15) is 9.90 Å². The van der Waals surface area contributed by atoms with Gasteiger partial charge in [0.25, 0.3) is 0 Å². The van der Waals surface area contributed by atoms with E-state index in [1.165, 1.54) is 0 Å². The maximum atomic E-state index is 11.7. The number of nitrogens with two attached hydrogens (primary N) is 1. The van der Waals surface area contributed by atoms with Gasteiger partial charge in [-0.3, -0.25) is 0 Å². The zero-order valence-corrected chi connectivity index (χ0v) is 19.6. The fourth-order valence-electron chi connectivity index (χ4n) is 3.54. The van der Waals surface area contributed by atoms with Gasteiger partial charge >= 0.3 is 5.97 Å². The van der Waals surface area contributed by atoms with Crippen molar-refractivity contribution in [3.8, 4) is 11.5 Å². The van der Waals surface area contributed by atoms with Crippen LogP contribution >= 0.6 is 0 Å². The molecule has 0 radical (unpaired) electrons. The van der Waals surface area contributed by atoms with E-state index in [2.05, 4.69) is 6.92 Å². The lowest BCUT2D eigenvalue weighted by Crippen LogP contribution is -2.09. The standard InChI is InChI=1S/C29H31NO4/c1-3-4-5-24(29(31)32)19-23-10-11-26(30)20-25(23)18-22-8-14-28(15-9-22)34-17-16-21-6-12-27(33-2)13-7-21/h6-20,23H,3-5,30H2,1-2H3,(H,31,32). The topological polar surface area (TPSA) is 81.8 Å². The van der Waals surface area contributed by atoms with E-state index in [4.69, 9.17) is 15.2 Å². The first-order valence-electron chi connectivity index (χ1n) is 11.4. The van der Waals surface area contributed by atoms with Crippen LogP contribution in [0.1, 0.15) is 37.3 Å². The van der Waals surface area contributed by atoms with Crippen molar-refractivity contribution in [2.45, 2.75) is 26.2 Å². The molecule has 0 amide bonds. The number of rotatable bonds is 10. The van der Waals surface area contributed by atoms with Crippen LogP contribution in [0.15, 0.2) is 95.9 Å². The molecule has 1 atom stereocenters. The van der Waals surface area contributed by atoms with E-state index in [-0.39, 0.29) is 5.92 Å². The van der Waals surface area contributed by atoms with Gasteiger partial charge in [0.1, 0.15) is 11.5 Å². The fraction of sp³-hybridized carbons (Fsp3) is 0.207. The van der Waals surface area contributed by atoms with Gasteiger partial charge in [-0.15, -0.1) is 0 Å². The molecule has 0 saturated heterocycles. The third-order valence-electron chi connectivity index (χ3n) is 5.46. The molecular formula is C29H31NO4. The van der Waals surface area contributed by atoms with Gasteiger partial charge in [0.2, 0.25) is 0 Å². The molecule has 5 heteroatoms. The minimum Gasteiger partial charge on any atom is -0.497 e. The van der Waals surface area contributed by atoms with Crippen molar-refractivity contribution in [1.82, 2.24) is 0 Å². The smallest absolute Gasteiger partial charge is 0.331 e. The Hall–Kier alpha value is -3.99. The predicted octanol–water partition coefficient (Wildman–Crippen LogP) is 6.36. The quantitative estimate of drug-likeness (QED) is 0.320. The van der Waals surface area contributed by atoms with Crippen molar-refractivity contribution in [2.24, 2.45) is 11.7 Å². The molecular weight excluding hydrogens is 426 g/mol. The molecule has 0 aliphatic heterocycles. The zero-order valence-electron chi connectivity index (χ0n) is 19.6. The Morgan fingerprint density at radius 2 is 1.74 bits per heavy atom. The number of unbranched alkanes of at least 4 members (excludes halogenated alkanes) is 1. The van der Waals surface area contributed by atoms with E-state index in [1.54, 1.807) is 13.4 Å². The molecule has 5 nitrogen and oxygen atoms in total. The molecule has 34 heavy (non-hydrogen) atoms. The van der Waals surface area contributed by atoms with Crippen LogP contribution in [-0.2, 0) is 4.79 Å². The van der Waals surface area contributed by atoms with Gasteiger partial charge in [0.15, 0.2) is 0 Å². The van der Waals surface area contributed by atoms with Crippen LogP contribution in [0, 0.1) is 5.92 Å². The highest BCUT2D eigenvalue weighted by molar-refractivity contribution is 5.86. The Morgan fingerprint density at radius 3 is 2.38 bits per heavy atom. The van der Waals surface area contributed by atoms with Gasteiger partial charge in [0, 0.05) is 17.2 Å². The van der Waals surface area contributed by atoms with Crippen LogP contribution in [-0.4, -0.2) is 18.2 Å². The largest absolute Gasteiger partial charge is 0.497 e. The summed E-state index contributed by atoms with van der Waals surface area (Å²) in [5.74, 6) is 0.520. The molecule has 0 spiro atoms. The maximum Gasteiger partial charge on any atom is 0.331 e. The third kappa shape index (κ3) is 7.27. The molecule has 2 aromatic carbocycles. The maximum absolute atomic E-state index is 11.7. The predicted molar refractivity (Wildman–Crippen MR) is 137 cm³/mol. The summed E-state index contributed by atoms with van der Waals surface area (Å²) in [6.45, 7) is 2.05. The van der Waals surface area contributed by atoms with Gasteiger partial charge in [-0.2, -0.15) is 0 Å². The molecule has 1 aliphatic rings. The van der Waals surface area contributed by atoms with Crippen molar-refractivity contribution in [3.63, 3.8) is 0 Å². The highest BCUT2D eigenvalue weighted by Crippen LogP contribution is 2.27. The number of hydrogen-bond donors (Lipinski definition) is 2. The highest BCUT2D eigenvalue weighted by Gasteiger charge is 2.15. The molecule has 176 valence electrons. The van der Waals surface area contributed by atoms with Gasteiger partial charge in [-0.25, -0.2) is 4.79 Å². The number of methoxy groups -OCH3 is 1. The normalized spacial score (nSPS) is 17.1. The highest BCUT2D eigenvalue weighted by atomic mass is 16.5. The molecule has 0 saturated carbocycles. The summed E-state index contributed by atoms with van der Waals surface area (Å²) in [6.07, 6.45) is 15.4. The first kappa shape index (κ1) is 24.6. The Morgan fingerprint density at radius 1 is 1.06 bits per heavy atom. The molecule has 0 bridgehead atoms. The van der Waals surface area contributed by atoms with Crippen molar-refractivity contribution in [3.05, 3.63) is 107 Å². The minimum absolute atomic E-state index is 0.140. The molecule has 3 N–H and O–H groups in total. The van der Waals surface area contributed by atoms with E-state index in [1.807, 2.05) is 85.0 Å². The minimum atomic E-state index is -0.868. The SMILES string of the molecule is CCCCC(=CC1C=CC(N)=CC1=Cc1ccc(OC=Cc2ccc(OC)cc2)cc1)C(=O)O. The Balaban J connectivity index is 1.71. The first-order chi connectivity index (χ1) is 16.5. The summed E-state index contributed by atoms with van der Waals surface area (Å²) >= 11 is 0. The van der Waals surface area contributed by atoms with Crippen molar-refractivity contribution < 1.29 is 19.4 Å². The van der Waals surface area contributed by atoms with Crippen LogP contribution in [0.5, 0.6) is 11.5 Å². The van der Waals surface area contributed by atoms with Crippen LogP contribution in [0.2, 0.25) is 0 Å². The second-order valence-corrected chi connectivity index (χ2v) is 8.04. The summed E-state index contributed by atoms with van der Waals surface area (Å²) in [7, 11) is 1.64. The number of carboxylic acid groups (broad SMARTS) is 1. The molecule has 1 aliphatic carbocycles. The van der Waals surface area contributed by atoms with Crippen molar-refractivity contribution in [2.75, 3.05) is 7.11 Å². The second-order valence-electron chi connectivity index (χ2n) is 8.04. The first-order valence-corrected chi connectivity index (χ1v) is 11.4. The molecule has 0 fully saturated rings. The molecule has 0 heterocycles. The van der Waals surface area contributed by atoms with Crippen LogP contribution < -0.4 is 15.2 Å². The van der Waals surface area contributed by atoms with E-state index >= 15 is 0 Å². The number of ether oxygens (including phenoxy) is 2. The van der Waals surface area contributed by atoms with Crippen LogP contribution in [0.25, 0.3) is 12.2 Å². The summed E-state index contributed by atoms with van der Waals surface area (Å²) < 4.78 is 10.9. The molecule has 3 rings (SSSR count). The van der Waals surface area contributed by atoms with Gasteiger partial charge in [-0.05, 0) is 72.0 Å². The number of allylic oxidation sites excluding steroid dienone is 5. The van der Waals surface area contributed by atoms with E-state index < -0.39 is 5.97 Å².